The molecule has 2 nitrogen and oxygen atoms in total. The Balaban J connectivity index is 3.07. The molecule has 0 heterocycles. The summed E-state index contributed by atoms with van der Waals surface area (Å²) in [6.07, 6.45) is 1.11. The minimum Gasteiger partial charge on any atom is -0.326 e. The first-order chi connectivity index (χ1) is 8.29. The highest BCUT2D eigenvalue weighted by molar-refractivity contribution is 5.25. The summed E-state index contributed by atoms with van der Waals surface area (Å²) >= 11 is 0. The molecule has 0 spiro atoms. The highest BCUT2D eigenvalue weighted by atomic mass is 15.2. The van der Waals surface area contributed by atoms with Gasteiger partial charge in [0, 0.05) is 17.6 Å². The quantitative estimate of drug-likeness (QED) is 0.864. The van der Waals surface area contributed by atoms with E-state index in [0.29, 0.717) is 0 Å². The Morgan fingerprint density at radius 1 is 1.22 bits per heavy atom. The number of rotatable bonds is 5. The van der Waals surface area contributed by atoms with Crippen molar-refractivity contribution in [3.05, 3.63) is 35.4 Å². The maximum absolute atomic E-state index is 6.22. The number of benzene rings is 1. The Kier molecular flexibility index (Phi) is 4.94. The van der Waals surface area contributed by atoms with Crippen molar-refractivity contribution in [1.82, 2.24) is 4.90 Å². The van der Waals surface area contributed by atoms with Crippen molar-refractivity contribution in [1.29, 1.82) is 0 Å². The molecule has 0 amide bonds. The number of hydrogen-bond donors (Lipinski definition) is 1. The molecule has 0 aliphatic carbocycles. The molecule has 1 rings (SSSR count). The minimum absolute atomic E-state index is 0.114. The van der Waals surface area contributed by atoms with Gasteiger partial charge in [0.15, 0.2) is 0 Å². The van der Waals surface area contributed by atoms with Gasteiger partial charge in [-0.05, 0) is 46.7 Å². The molecule has 0 aliphatic rings. The summed E-state index contributed by atoms with van der Waals surface area (Å²) in [5, 5.41) is 0. The van der Waals surface area contributed by atoms with Gasteiger partial charge in [0.05, 0.1) is 0 Å². The summed E-state index contributed by atoms with van der Waals surface area (Å²) in [4.78, 5) is 2.41. The van der Waals surface area contributed by atoms with Crippen molar-refractivity contribution in [2.45, 2.75) is 58.7 Å². The molecule has 2 N–H and O–H groups in total. The molecule has 2 atom stereocenters. The summed E-state index contributed by atoms with van der Waals surface area (Å²) in [5.41, 5.74) is 8.97. The molecule has 1 aromatic rings. The third-order valence-electron chi connectivity index (χ3n) is 4.15. The Labute approximate surface area is 112 Å². The first-order valence-corrected chi connectivity index (χ1v) is 6.84. The van der Waals surface area contributed by atoms with E-state index in [-0.39, 0.29) is 17.6 Å². The first kappa shape index (κ1) is 15.2. The number of aryl methyl sites for hydroxylation is 1. The van der Waals surface area contributed by atoms with Crippen LogP contribution in [0, 0.1) is 6.92 Å². The number of nitrogens with zero attached hydrogens (tertiary/aromatic N) is 1. The molecule has 0 aromatic heterocycles. The highest BCUT2D eigenvalue weighted by Gasteiger charge is 2.30. The zero-order chi connectivity index (χ0) is 13.9. The van der Waals surface area contributed by atoms with Crippen LogP contribution >= 0.6 is 0 Å². The van der Waals surface area contributed by atoms with Crippen molar-refractivity contribution >= 4 is 0 Å². The SMILES string of the molecule is CCC(C)(C)N(C)C(c1ccc(C)cc1)C(C)N. The number of hydrogen-bond acceptors (Lipinski definition) is 2. The van der Waals surface area contributed by atoms with Gasteiger partial charge in [-0.25, -0.2) is 0 Å². The van der Waals surface area contributed by atoms with Crippen LogP contribution in [0.3, 0.4) is 0 Å². The molecule has 1 aromatic carbocycles. The Bertz CT molecular complexity index is 365. The predicted octanol–water partition coefficient (Wildman–Crippen LogP) is 3.50. The fourth-order valence-corrected chi connectivity index (χ4v) is 2.27. The van der Waals surface area contributed by atoms with Crippen LogP contribution in [0.1, 0.15) is 51.3 Å². The number of nitrogens with two attached hydrogens (primary N) is 1. The van der Waals surface area contributed by atoms with Crippen molar-refractivity contribution in [3.63, 3.8) is 0 Å². The second-order valence-corrected chi connectivity index (χ2v) is 5.99. The van der Waals surface area contributed by atoms with E-state index in [1.165, 1.54) is 11.1 Å². The molecule has 2 heteroatoms. The van der Waals surface area contributed by atoms with Gasteiger partial charge in [0.2, 0.25) is 0 Å². The molecule has 18 heavy (non-hydrogen) atoms. The molecule has 0 bridgehead atoms. The van der Waals surface area contributed by atoms with Crippen molar-refractivity contribution in [3.8, 4) is 0 Å². The van der Waals surface area contributed by atoms with Crippen LogP contribution in [-0.4, -0.2) is 23.5 Å². The predicted molar refractivity (Wildman–Crippen MR) is 79.7 cm³/mol. The molecule has 2 unspecified atom stereocenters. The Morgan fingerprint density at radius 3 is 2.11 bits per heavy atom. The molecule has 0 fully saturated rings. The average Bonchev–Trinajstić information content (AvgIpc) is 2.31. The largest absolute Gasteiger partial charge is 0.326 e. The van der Waals surface area contributed by atoms with Gasteiger partial charge in [-0.2, -0.15) is 0 Å². The van der Waals surface area contributed by atoms with E-state index in [2.05, 4.69) is 70.8 Å². The van der Waals surface area contributed by atoms with E-state index in [9.17, 15) is 0 Å². The second-order valence-electron chi connectivity index (χ2n) is 5.99. The monoisotopic (exact) mass is 248 g/mol. The van der Waals surface area contributed by atoms with Crippen LogP contribution < -0.4 is 5.73 Å². The van der Waals surface area contributed by atoms with Crippen LogP contribution in [0.2, 0.25) is 0 Å². The van der Waals surface area contributed by atoms with E-state index in [1.807, 2.05) is 0 Å². The maximum atomic E-state index is 6.22. The maximum Gasteiger partial charge on any atom is 0.0498 e. The average molecular weight is 248 g/mol. The van der Waals surface area contributed by atoms with Crippen LogP contribution in [0.5, 0.6) is 0 Å². The zero-order valence-electron chi connectivity index (χ0n) is 12.7. The second kappa shape index (κ2) is 5.85. The molecular weight excluding hydrogens is 220 g/mol. The summed E-state index contributed by atoms with van der Waals surface area (Å²) in [6.45, 7) is 11.0. The van der Waals surface area contributed by atoms with Gasteiger partial charge in [-0.3, -0.25) is 4.90 Å². The summed E-state index contributed by atoms with van der Waals surface area (Å²) in [6, 6.07) is 9.11. The lowest BCUT2D eigenvalue weighted by atomic mass is 9.91. The minimum atomic E-state index is 0.114. The van der Waals surface area contributed by atoms with Crippen molar-refractivity contribution < 1.29 is 0 Å². The van der Waals surface area contributed by atoms with Gasteiger partial charge in [-0.15, -0.1) is 0 Å². The third-order valence-corrected chi connectivity index (χ3v) is 4.15. The fourth-order valence-electron chi connectivity index (χ4n) is 2.27. The van der Waals surface area contributed by atoms with Gasteiger partial charge in [0.25, 0.3) is 0 Å². The zero-order valence-corrected chi connectivity index (χ0v) is 12.7. The van der Waals surface area contributed by atoms with E-state index >= 15 is 0 Å². The lowest BCUT2D eigenvalue weighted by Gasteiger charge is -2.42. The van der Waals surface area contributed by atoms with Crippen molar-refractivity contribution in [2.24, 2.45) is 5.73 Å². The first-order valence-electron chi connectivity index (χ1n) is 6.84. The third kappa shape index (κ3) is 3.33. The van der Waals surface area contributed by atoms with Gasteiger partial charge in [-0.1, -0.05) is 36.8 Å². The lowest BCUT2D eigenvalue weighted by Crippen LogP contribution is -2.48. The fraction of sp³-hybridized carbons (Fsp3) is 0.625. The molecule has 0 radical (unpaired) electrons. The lowest BCUT2D eigenvalue weighted by molar-refractivity contribution is 0.0847. The number of likely N-dealkylation sites (N-methyl/N-ethyl adjacent to an activating group) is 1. The van der Waals surface area contributed by atoms with Gasteiger partial charge in [0.1, 0.15) is 0 Å². The van der Waals surface area contributed by atoms with Crippen LogP contribution in [-0.2, 0) is 0 Å². The summed E-state index contributed by atoms with van der Waals surface area (Å²) in [7, 11) is 2.18. The van der Waals surface area contributed by atoms with Gasteiger partial charge < -0.3 is 5.73 Å². The van der Waals surface area contributed by atoms with Crippen LogP contribution in [0.25, 0.3) is 0 Å². The molecule has 102 valence electrons. The van der Waals surface area contributed by atoms with Crippen LogP contribution in [0.4, 0.5) is 0 Å². The standard InChI is InChI=1S/C16H28N2/c1-7-16(4,5)18(6)15(13(3)17)14-10-8-12(2)9-11-14/h8-11,13,15H,7,17H2,1-6H3. The topological polar surface area (TPSA) is 29.3 Å². The molecule has 0 saturated carbocycles. The summed E-state index contributed by atoms with van der Waals surface area (Å²) < 4.78 is 0. The van der Waals surface area contributed by atoms with E-state index in [4.69, 9.17) is 5.73 Å². The van der Waals surface area contributed by atoms with Crippen LogP contribution in [0.15, 0.2) is 24.3 Å². The summed E-state index contributed by atoms with van der Waals surface area (Å²) in [5.74, 6) is 0. The van der Waals surface area contributed by atoms with E-state index in [0.717, 1.165) is 6.42 Å². The molecule has 0 aliphatic heterocycles. The Hall–Kier alpha value is -0.860. The Morgan fingerprint density at radius 2 is 1.72 bits per heavy atom. The normalized spacial score (nSPS) is 15.8. The van der Waals surface area contributed by atoms with E-state index in [1.54, 1.807) is 0 Å². The molecule has 0 saturated heterocycles. The highest BCUT2D eigenvalue weighted by Crippen LogP contribution is 2.30. The molecular formula is C16H28N2. The smallest absolute Gasteiger partial charge is 0.0498 e. The van der Waals surface area contributed by atoms with Crippen molar-refractivity contribution in [2.75, 3.05) is 7.05 Å². The van der Waals surface area contributed by atoms with E-state index < -0.39 is 0 Å². The van der Waals surface area contributed by atoms with Gasteiger partial charge >= 0.3 is 0 Å².